The van der Waals surface area contributed by atoms with Crippen molar-refractivity contribution in [1.29, 1.82) is 0 Å². The number of thiazole rings is 1. The maximum Gasteiger partial charge on any atom is 0.311 e. The van der Waals surface area contributed by atoms with Crippen LogP contribution < -0.4 is 0 Å². The van der Waals surface area contributed by atoms with E-state index < -0.39 is 14.5 Å². The van der Waals surface area contributed by atoms with Gasteiger partial charge in [0.2, 0.25) is 0 Å². The average molecular weight is 420 g/mol. The van der Waals surface area contributed by atoms with Gasteiger partial charge in [0.1, 0.15) is 11.6 Å². The number of rotatable bonds is 6. The van der Waals surface area contributed by atoms with E-state index in [2.05, 4.69) is 63.1 Å². The van der Waals surface area contributed by atoms with Crippen molar-refractivity contribution >= 4 is 26.3 Å². The summed E-state index contributed by atoms with van der Waals surface area (Å²) < 4.78 is 11.7. The predicted molar refractivity (Wildman–Crippen MR) is 119 cm³/mol. The Hall–Kier alpha value is -1.50. The van der Waals surface area contributed by atoms with Gasteiger partial charge in [-0.05, 0) is 44.8 Å². The SMILES string of the molecule is C[SiH](C)OC(c1ccc(-c2csc(COC(=O)C(C)(C)C)n2)cc1)C(C)(C)C. The Kier molecular flexibility index (Phi) is 7.23. The Morgan fingerprint density at radius 1 is 1.11 bits per heavy atom. The molecule has 2 aromatic rings. The summed E-state index contributed by atoms with van der Waals surface area (Å²) in [6.45, 7) is 16.8. The fourth-order valence-electron chi connectivity index (χ4n) is 2.74. The van der Waals surface area contributed by atoms with Crippen molar-refractivity contribution in [3.8, 4) is 11.3 Å². The van der Waals surface area contributed by atoms with Crippen LogP contribution in [0.4, 0.5) is 0 Å². The van der Waals surface area contributed by atoms with E-state index in [1.807, 2.05) is 26.2 Å². The lowest BCUT2D eigenvalue weighted by atomic mass is 9.84. The fourth-order valence-corrected chi connectivity index (χ4v) is 4.56. The Bertz CT molecular complexity index is 785. The minimum absolute atomic E-state index is 0.0452. The third kappa shape index (κ3) is 6.26. The smallest absolute Gasteiger partial charge is 0.311 e. The quantitative estimate of drug-likeness (QED) is 0.426. The summed E-state index contributed by atoms with van der Waals surface area (Å²) in [5, 5.41) is 2.81. The number of benzene rings is 1. The van der Waals surface area contributed by atoms with E-state index in [0.717, 1.165) is 16.3 Å². The lowest BCUT2D eigenvalue weighted by Gasteiger charge is -2.33. The van der Waals surface area contributed by atoms with E-state index in [1.165, 1.54) is 16.9 Å². The van der Waals surface area contributed by atoms with Crippen molar-refractivity contribution in [3.63, 3.8) is 0 Å². The molecule has 0 aliphatic rings. The highest BCUT2D eigenvalue weighted by Crippen LogP contribution is 2.37. The van der Waals surface area contributed by atoms with Crippen LogP contribution in [0.5, 0.6) is 0 Å². The molecule has 0 spiro atoms. The van der Waals surface area contributed by atoms with E-state index in [1.54, 1.807) is 0 Å². The number of hydrogen-bond donors (Lipinski definition) is 0. The first-order valence-electron chi connectivity index (χ1n) is 9.75. The highest BCUT2D eigenvalue weighted by molar-refractivity contribution is 7.09. The van der Waals surface area contributed by atoms with Gasteiger partial charge < -0.3 is 9.16 Å². The average Bonchev–Trinajstić information content (AvgIpc) is 3.04. The fraction of sp³-hybridized carbons (Fsp3) is 0.545. The van der Waals surface area contributed by atoms with Crippen molar-refractivity contribution in [2.75, 3.05) is 0 Å². The number of aromatic nitrogens is 1. The van der Waals surface area contributed by atoms with E-state index >= 15 is 0 Å². The van der Waals surface area contributed by atoms with Crippen molar-refractivity contribution in [1.82, 2.24) is 4.98 Å². The van der Waals surface area contributed by atoms with Crippen LogP contribution in [-0.4, -0.2) is 20.0 Å². The second-order valence-electron chi connectivity index (χ2n) is 9.51. The maximum atomic E-state index is 11.9. The van der Waals surface area contributed by atoms with Gasteiger partial charge >= 0.3 is 5.97 Å². The second-order valence-corrected chi connectivity index (χ2v) is 12.8. The molecule has 0 N–H and O–H groups in total. The molecule has 1 aromatic heterocycles. The zero-order valence-electron chi connectivity index (χ0n) is 18.3. The summed E-state index contributed by atoms with van der Waals surface area (Å²) in [5.41, 5.74) is 2.71. The number of carbonyl (C=O) groups is 1. The highest BCUT2D eigenvalue weighted by Gasteiger charge is 2.28. The zero-order valence-corrected chi connectivity index (χ0v) is 20.3. The predicted octanol–water partition coefficient (Wildman–Crippen LogP) is 5.99. The van der Waals surface area contributed by atoms with Crippen LogP contribution in [0, 0.1) is 10.8 Å². The van der Waals surface area contributed by atoms with Gasteiger partial charge in [0, 0.05) is 10.9 Å². The van der Waals surface area contributed by atoms with Crippen molar-refractivity contribution in [2.45, 2.75) is 67.3 Å². The van der Waals surface area contributed by atoms with Crippen molar-refractivity contribution in [2.24, 2.45) is 10.8 Å². The van der Waals surface area contributed by atoms with Crippen LogP contribution >= 0.6 is 11.3 Å². The number of esters is 1. The zero-order chi connectivity index (χ0) is 21.1. The van der Waals surface area contributed by atoms with Crippen LogP contribution in [0.15, 0.2) is 29.6 Å². The molecule has 1 heterocycles. The molecular formula is C22H33NO3SSi. The third-order valence-electron chi connectivity index (χ3n) is 4.19. The lowest BCUT2D eigenvalue weighted by molar-refractivity contribution is -0.154. The van der Waals surface area contributed by atoms with Gasteiger partial charge in [-0.25, -0.2) is 4.98 Å². The van der Waals surface area contributed by atoms with Gasteiger partial charge in [-0.1, -0.05) is 45.0 Å². The molecule has 1 aromatic carbocycles. The summed E-state index contributed by atoms with van der Waals surface area (Å²) >= 11 is 1.51. The molecule has 0 amide bonds. The summed E-state index contributed by atoms with van der Waals surface area (Å²) in [5.74, 6) is -0.212. The molecule has 0 bridgehead atoms. The molecule has 0 saturated carbocycles. The maximum absolute atomic E-state index is 11.9. The third-order valence-corrected chi connectivity index (χ3v) is 5.83. The summed E-state index contributed by atoms with van der Waals surface area (Å²) in [6.07, 6.45) is 0.0935. The Balaban J connectivity index is 2.11. The molecule has 0 aliphatic heterocycles. The monoisotopic (exact) mass is 419 g/mol. The Morgan fingerprint density at radius 2 is 1.71 bits per heavy atom. The first kappa shape index (κ1) is 22.8. The second kappa shape index (κ2) is 8.89. The van der Waals surface area contributed by atoms with Gasteiger partial charge in [0.15, 0.2) is 9.04 Å². The molecular weight excluding hydrogens is 386 g/mol. The van der Waals surface area contributed by atoms with Crippen LogP contribution in [0.3, 0.4) is 0 Å². The Labute approximate surface area is 175 Å². The largest absolute Gasteiger partial charge is 0.458 e. The summed E-state index contributed by atoms with van der Waals surface area (Å²) in [7, 11) is -1.15. The molecule has 6 heteroatoms. The minimum atomic E-state index is -1.15. The number of carbonyl (C=O) groups excluding carboxylic acids is 1. The standard InChI is InChI=1S/C22H33NO3SSi/c1-21(2,3)19(26-28(7)8)16-11-9-15(10-12-16)17-14-27-18(23-17)13-25-20(24)22(4,5)6/h9-12,14,19,28H,13H2,1-8H3. The van der Waals surface area contributed by atoms with Gasteiger partial charge in [-0.3, -0.25) is 4.79 Å². The topological polar surface area (TPSA) is 48.4 Å². The lowest BCUT2D eigenvalue weighted by Crippen LogP contribution is -2.25. The van der Waals surface area contributed by atoms with Crippen LogP contribution in [0.1, 0.15) is 58.2 Å². The molecule has 0 aliphatic carbocycles. The van der Waals surface area contributed by atoms with Gasteiger partial charge in [0.05, 0.1) is 17.2 Å². The first-order valence-corrected chi connectivity index (χ1v) is 13.4. The van der Waals surface area contributed by atoms with E-state index in [-0.39, 0.29) is 24.1 Å². The summed E-state index contributed by atoms with van der Waals surface area (Å²) in [4.78, 5) is 16.5. The molecule has 1 atom stereocenters. The Morgan fingerprint density at radius 3 is 2.21 bits per heavy atom. The van der Waals surface area contributed by atoms with E-state index in [4.69, 9.17) is 9.16 Å². The number of hydrogen-bond acceptors (Lipinski definition) is 5. The van der Waals surface area contributed by atoms with Gasteiger partial charge in [0.25, 0.3) is 0 Å². The van der Waals surface area contributed by atoms with E-state index in [0.29, 0.717) is 0 Å². The molecule has 4 nitrogen and oxygen atoms in total. The van der Waals surface area contributed by atoms with Crippen molar-refractivity contribution in [3.05, 3.63) is 40.2 Å². The molecule has 2 rings (SSSR count). The molecule has 154 valence electrons. The first-order chi connectivity index (χ1) is 12.9. The number of nitrogens with zero attached hydrogens (tertiary/aromatic N) is 1. The molecule has 28 heavy (non-hydrogen) atoms. The van der Waals surface area contributed by atoms with Crippen LogP contribution in [0.2, 0.25) is 13.1 Å². The molecule has 0 radical (unpaired) electrons. The summed E-state index contributed by atoms with van der Waals surface area (Å²) in [6, 6.07) is 8.47. The van der Waals surface area contributed by atoms with E-state index in [9.17, 15) is 4.79 Å². The van der Waals surface area contributed by atoms with Gasteiger partial charge in [-0.2, -0.15) is 0 Å². The highest BCUT2D eigenvalue weighted by atomic mass is 32.1. The molecule has 0 fully saturated rings. The number of ether oxygens (including phenoxy) is 1. The van der Waals surface area contributed by atoms with Crippen LogP contribution in [0.25, 0.3) is 11.3 Å². The minimum Gasteiger partial charge on any atom is -0.458 e. The van der Waals surface area contributed by atoms with Crippen molar-refractivity contribution < 1.29 is 14.0 Å². The molecule has 1 unspecified atom stereocenters. The van der Waals surface area contributed by atoms with Gasteiger partial charge in [-0.15, -0.1) is 11.3 Å². The molecule has 0 saturated heterocycles. The normalized spacial score (nSPS) is 13.6. The van der Waals surface area contributed by atoms with Crippen LogP contribution in [-0.2, 0) is 20.6 Å².